The molecule has 1 heterocycles. The van der Waals surface area contributed by atoms with Crippen LogP contribution in [-0.4, -0.2) is 56.1 Å². The van der Waals surface area contributed by atoms with Crippen molar-refractivity contribution < 1.29 is 14.0 Å². The van der Waals surface area contributed by atoms with Crippen LogP contribution >= 0.6 is 0 Å². The van der Waals surface area contributed by atoms with E-state index in [1.165, 1.54) is 13.1 Å². The van der Waals surface area contributed by atoms with E-state index in [1.807, 2.05) is 15.9 Å². The lowest BCUT2D eigenvalue weighted by Crippen LogP contribution is -2.55. The highest BCUT2D eigenvalue weighted by molar-refractivity contribution is 5.96. The van der Waals surface area contributed by atoms with Crippen LogP contribution in [0.5, 0.6) is 0 Å². The molecule has 0 aromatic heterocycles. The van der Waals surface area contributed by atoms with Crippen LogP contribution in [0.4, 0.5) is 14.9 Å². The van der Waals surface area contributed by atoms with Crippen molar-refractivity contribution in [2.45, 2.75) is 13.0 Å². The Balaban J connectivity index is 1.99. The summed E-state index contributed by atoms with van der Waals surface area (Å²) in [5.41, 5.74) is 0.607. The lowest BCUT2D eigenvalue weighted by Gasteiger charge is -2.38. The van der Waals surface area contributed by atoms with E-state index in [4.69, 9.17) is 5.26 Å². The maximum atomic E-state index is 13.7. The summed E-state index contributed by atoms with van der Waals surface area (Å²) in [6.07, 6.45) is 0. The second kappa shape index (κ2) is 7.75. The number of carbonyl (C=O) groups is 2. The van der Waals surface area contributed by atoms with Crippen molar-refractivity contribution >= 4 is 17.6 Å². The fourth-order valence-electron chi connectivity index (χ4n) is 2.68. The van der Waals surface area contributed by atoms with E-state index >= 15 is 0 Å². The highest BCUT2D eigenvalue weighted by Crippen LogP contribution is 2.24. The lowest BCUT2D eigenvalue weighted by molar-refractivity contribution is -0.124. The zero-order valence-corrected chi connectivity index (χ0v) is 13.7. The van der Waals surface area contributed by atoms with Crippen LogP contribution in [0, 0.1) is 17.1 Å². The molecule has 1 aromatic rings. The fraction of sp³-hybridized carbons (Fsp3) is 0.438. The van der Waals surface area contributed by atoms with E-state index in [9.17, 15) is 14.0 Å². The van der Waals surface area contributed by atoms with Gasteiger partial charge in [0.1, 0.15) is 17.4 Å². The first-order valence-electron chi connectivity index (χ1n) is 7.68. The molecule has 1 saturated heterocycles. The normalized spacial score (nSPS) is 16.2. The van der Waals surface area contributed by atoms with Crippen molar-refractivity contribution in [2.24, 2.45) is 0 Å². The van der Waals surface area contributed by atoms with Gasteiger partial charge in [0.25, 0.3) is 0 Å². The van der Waals surface area contributed by atoms with Crippen molar-refractivity contribution in [1.82, 2.24) is 15.5 Å². The zero-order chi connectivity index (χ0) is 17.7. The van der Waals surface area contributed by atoms with Crippen LogP contribution in [0.3, 0.4) is 0 Å². The number of nitrogens with zero attached hydrogens (tertiary/aromatic N) is 3. The molecular formula is C16H20FN5O2. The number of amides is 3. The van der Waals surface area contributed by atoms with Crippen LogP contribution in [-0.2, 0) is 4.79 Å². The summed E-state index contributed by atoms with van der Waals surface area (Å²) in [6.45, 7) is 4.01. The van der Waals surface area contributed by atoms with Gasteiger partial charge in [-0.1, -0.05) is 6.07 Å². The third-order valence-electron chi connectivity index (χ3n) is 4.15. The van der Waals surface area contributed by atoms with Gasteiger partial charge >= 0.3 is 6.03 Å². The summed E-state index contributed by atoms with van der Waals surface area (Å²) in [6, 6.07) is 5.48. The Morgan fingerprint density at radius 3 is 2.54 bits per heavy atom. The maximum Gasteiger partial charge on any atom is 0.321 e. The van der Waals surface area contributed by atoms with Crippen molar-refractivity contribution in [1.29, 1.82) is 5.26 Å². The molecule has 128 valence electrons. The number of carbonyl (C=O) groups excluding carboxylic acids is 2. The Bertz CT molecular complexity index is 665. The minimum absolute atomic E-state index is 0.0383. The Morgan fingerprint density at radius 1 is 1.29 bits per heavy atom. The number of nitriles is 1. The molecule has 1 fully saturated rings. The Labute approximate surface area is 140 Å². The number of rotatable bonds is 3. The minimum atomic E-state index is -0.538. The SMILES string of the molecule is CNC(=O)NC(=O)[C@H](C)N1CCN(c2cccc(F)c2C#N)CC1. The summed E-state index contributed by atoms with van der Waals surface area (Å²) >= 11 is 0. The maximum absolute atomic E-state index is 13.7. The number of benzene rings is 1. The average Bonchev–Trinajstić information content (AvgIpc) is 2.60. The number of halogens is 1. The Hall–Kier alpha value is -2.66. The molecule has 0 aliphatic carbocycles. The number of nitrogens with one attached hydrogen (secondary N) is 2. The highest BCUT2D eigenvalue weighted by atomic mass is 19.1. The zero-order valence-electron chi connectivity index (χ0n) is 13.7. The van der Waals surface area contributed by atoms with Crippen LogP contribution in [0.25, 0.3) is 0 Å². The van der Waals surface area contributed by atoms with E-state index in [0.29, 0.717) is 31.9 Å². The summed E-state index contributed by atoms with van der Waals surface area (Å²) < 4.78 is 13.7. The minimum Gasteiger partial charge on any atom is -0.368 e. The van der Waals surface area contributed by atoms with Crippen LogP contribution in [0.15, 0.2) is 18.2 Å². The molecule has 1 aliphatic heterocycles. The van der Waals surface area contributed by atoms with Crippen molar-refractivity contribution in [3.63, 3.8) is 0 Å². The molecular weight excluding hydrogens is 313 g/mol. The third-order valence-corrected chi connectivity index (χ3v) is 4.15. The van der Waals surface area contributed by atoms with Gasteiger partial charge in [-0.25, -0.2) is 9.18 Å². The van der Waals surface area contributed by atoms with Crippen LogP contribution < -0.4 is 15.5 Å². The van der Waals surface area contributed by atoms with E-state index in [2.05, 4.69) is 10.6 Å². The van der Waals surface area contributed by atoms with Crippen molar-refractivity contribution in [2.75, 3.05) is 38.1 Å². The molecule has 2 N–H and O–H groups in total. The largest absolute Gasteiger partial charge is 0.368 e. The van der Waals surface area contributed by atoms with Gasteiger partial charge in [-0.05, 0) is 19.1 Å². The Kier molecular flexibility index (Phi) is 5.71. The highest BCUT2D eigenvalue weighted by Gasteiger charge is 2.27. The fourth-order valence-corrected chi connectivity index (χ4v) is 2.68. The Morgan fingerprint density at radius 2 is 1.96 bits per heavy atom. The first-order valence-corrected chi connectivity index (χ1v) is 7.68. The molecule has 0 radical (unpaired) electrons. The van der Waals surface area contributed by atoms with Crippen molar-refractivity contribution in [3.8, 4) is 6.07 Å². The molecule has 0 unspecified atom stereocenters. The molecule has 1 aliphatic rings. The average molecular weight is 333 g/mol. The van der Waals surface area contributed by atoms with Crippen molar-refractivity contribution in [3.05, 3.63) is 29.6 Å². The molecule has 0 saturated carbocycles. The van der Waals surface area contributed by atoms with E-state index in [1.54, 1.807) is 19.1 Å². The van der Waals surface area contributed by atoms with Gasteiger partial charge in [0.05, 0.1) is 11.7 Å². The first kappa shape index (κ1) is 17.7. The molecule has 1 atom stereocenters. The second-order valence-corrected chi connectivity index (χ2v) is 5.51. The number of piperazine rings is 1. The molecule has 8 heteroatoms. The molecule has 7 nitrogen and oxygen atoms in total. The van der Waals surface area contributed by atoms with E-state index in [0.717, 1.165) is 0 Å². The van der Waals surface area contributed by atoms with Gasteiger partial charge in [-0.2, -0.15) is 5.26 Å². The number of hydrogen-bond acceptors (Lipinski definition) is 5. The molecule has 3 amide bonds. The molecule has 0 bridgehead atoms. The summed E-state index contributed by atoms with van der Waals surface area (Å²) in [4.78, 5) is 27.1. The number of hydrogen-bond donors (Lipinski definition) is 2. The van der Waals surface area contributed by atoms with Gasteiger partial charge in [0.2, 0.25) is 5.91 Å². The number of urea groups is 1. The first-order chi connectivity index (χ1) is 11.5. The molecule has 24 heavy (non-hydrogen) atoms. The second-order valence-electron chi connectivity index (χ2n) is 5.51. The third kappa shape index (κ3) is 3.81. The van der Waals surface area contributed by atoms with Gasteiger partial charge in [-0.3, -0.25) is 15.0 Å². The number of anilines is 1. The molecule has 0 spiro atoms. The van der Waals surface area contributed by atoms with Gasteiger partial charge < -0.3 is 10.2 Å². The predicted molar refractivity (Wildman–Crippen MR) is 87.0 cm³/mol. The summed E-state index contributed by atoms with van der Waals surface area (Å²) in [5.74, 6) is -0.901. The van der Waals surface area contributed by atoms with Gasteiger partial charge in [0.15, 0.2) is 0 Å². The molecule has 2 rings (SSSR count). The monoisotopic (exact) mass is 333 g/mol. The topological polar surface area (TPSA) is 88.5 Å². The quantitative estimate of drug-likeness (QED) is 0.848. The van der Waals surface area contributed by atoms with Gasteiger partial charge in [0, 0.05) is 33.2 Å². The van der Waals surface area contributed by atoms with E-state index in [-0.39, 0.29) is 11.5 Å². The van der Waals surface area contributed by atoms with Crippen LogP contribution in [0.2, 0.25) is 0 Å². The number of imide groups is 1. The van der Waals surface area contributed by atoms with Gasteiger partial charge in [-0.15, -0.1) is 0 Å². The molecule has 1 aromatic carbocycles. The van der Waals surface area contributed by atoms with Crippen LogP contribution in [0.1, 0.15) is 12.5 Å². The standard InChI is InChI=1S/C16H20FN5O2/c1-11(15(23)20-16(24)19-2)21-6-8-22(9-7-21)14-5-3-4-13(17)12(14)10-18/h3-5,11H,6-9H2,1-2H3,(H2,19,20,23,24)/t11-/m0/s1. The lowest BCUT2D eigenvalue weighted by atomic mass is 10.1. The predicted octanol–water partition coefficient (Wildman–Crippen LogP) is 0.663. The van der Waals surface area contributed by atoms with E-state index < -0.39 is 17.9 Å². The summed E-state index contributed by atoms with van der Waals surface area (Å²) in [7, 11) is 1.44. The smallest absolute Gasteiger partial charge is 0.321 e. The summed E-state index contributed by atoms with van der Waals surface area (Å²) in [5, 5.41) is 13.7.